The first-order valence-electron chi connectivity index (χ1n) is 10.0. The number of amides is 1. The summed E-state index contributed by atoms with van der Waals surface area (Å²) < 4.78 is 7.55. The molecule has 2 aromatic rings. The maximum absolute atomic E-state index is 13.1. The van der Waals surface area contributed by atoms with E-state index in [0.29, 0.717) is 19.1 Å². The van der Waals surface area contributed by atoms with Crippen LogP contribution in [-0.4, -0.2) is 35.4 Å². The SMILES string of the molecule is CC(C)COc1ccc(C(C)(C)NC(=O)[C@H]2CNC[C@@H]2c2cnn(C)c2)cc1. The average Bonchev–Trinajstić information content (AvgIpc) is 3.28. The molecule has 6 nitrogen and oxygen atoms in total. The Balaban J connectivity index is 1.66. The molecule has 1 fully saturated rings. The van der Waals surface area contributed by atoms with Gasteiger partial charge in [-0.25, -0.2) is 0 Å². The number of hydrogen-bond donors (Lipinski definition) is 2. The second kappa shape index (κ2) is 8.35. The highest BCUT2D eigenvalue weighted by molar-refractivity contribution is 5.81. The van der Waals surface area contributed by atoms with Gasteiger partial charge in [-0.2, -0.15) is 5.10 Å². The first-order chi connectivity index (χ1) is 13.3. The zero-order chi connectivity index (χ0) is 20.3. The lowest BCUT2D eigenvalue weighted by molar-refractivity contribution is -0.126. The average molecular weight is 385 g/mol. The van der Waals surface area contributed by atoms with Crippen molar-refractivity contribution in [3.05, 3.63) is 47.8 Å². The van der Waals surface area contributed by atoms with E-state index in [4.69, 9.17) is 4.74 Å². The van der Waals surface area contributed by atoms with Crippen LogP contribution < -0.4 is 15.4 Å². The molecule has 0 bridgehead atoms. The van der Waals surface area contributed by atoms with Crippen molar-refractivity contribution >= 4 is 5.91 Å². The standard InChI is InChI=1S/C22H32N4O2/c1-15(2)14-28-18-8-6-17(7-9-18)22(3,4)25-21(27)20-12-23-11-19(20)16-10-24-26(5)13-16/h6-10,13,15,19-20,23H,11-12,14H2,1-5H3,(H,25,27)/t19-,20+/m1/s1. The van der Waals surface area contributed by atoms with Crippen molar-refractivity contribution < 1.29 is 9.53 Å². The third kappa shape index (κ3) is 4.73. The number of benzene rings is 1. The van der Waals surface area contributed by atoms with Gasteiger partial charge in [-0.15, -0.1) is 0 Å². The van der Waals surface area contributed by atoms with Crippen LogP contribution in [0.3, 0.4) is 0 Å². The van der Waals surface area contributed by atoms with E-state index in [-0.39, 0.29) is 17.7 Å². The van der Waals surface area contributed by atoms with Gasteiger partial charge in [0.1, 0.15) is 5.75 Å². The number of hydrogen-bond acceptors (Lipinski definition) is 4. The fraction of sp³-hybridized carbons (Fsp3) is 0.545. The monoisotopic (exact) mass is 384 g/mol. The molecule has 0 unspecified atom stereocenters. The maximum Gasteiger partial charge on any atom is 0.225 e. The Kier molecular flexibility index (Phi) is 6.08. The van der Waals surface area contributed by atoms with Crippen LogP contribution in [0.15, 0.2) is 36.7 Å². The molecular weight excluding hydrogens is 352 g/mol. The van der Waals surface area contributed by atoms with E-state index in [1.54, 1.807) is 4.68 Å². The summed E-state index contributed by atoms with van der Waals surface area (Å²) >= 11 is 0. The first kappa shape index (κ1) is 20.4. The lowest BCUT2D eigenvalue weighted by Crippen LogP contribution is -2.45. The molecule has 2 atom stereocenters. The van der Waals surface area contributed by atoms with Gasteiger partial charge in [0.2, 0.25) is 5.91 Å². The Morgan fingerprint density at radius 3 is 2.64 bits per heavy atom. The summed E-state index contributed by atoms with van der Waals surface area (Å²) in [4.78, 5) is 13.1. The first-order valence-corrected chi connectivity index (χ1v) is 10.0. The topological polar surface area (TPSA) is 68.2 Å². The molecule has 1 aliphatic heterocycles. The summed E-state index contributed by atoms with van der Waals surface area (Å²) in [7, 11) is 1.90. The number of aromatic nitrogens is 2. The normalized spacial score (nSPS) is 19.8. The molecule has 0 saturated carbocycles. The Morgan fingerprint density at radius 2 is 2.04 bits per heavy atom. The van der Waals surface area contributed by atoms with E-state index in [9.17, 15) is 4.79 Å². The van der Waals surface area contributed by atoms with Crippen LogP contribution in [0, 0.1) is 11.8 Å². The van der Waals surface area contributed by atoms with Gasteiger partial charge >= 0.3 is 0 Å². The van der Waals surface area contributed by atoms with Crippen molar-refractivity contribution in [3.8, 4) is 5.75 Å². The molecule has 2 N–H and O–H groups in total. The van der Waals surface area contributed by atoms with Gasteiger partial charge in [-0.1, -0.05) is 26.0 Å². The highest BCUT2D eigenvalue weighted by Gasteiger charge is 2.37. The third-order valence-corrected chi connectivity index (χ3v) is 5.30. The second-order valence-corrected chi connectivity index (χ2v) is 8.66. The summed E-state index contributed by atoms with van der Waals surface area (Å²) in [5, 5.41) is 10.9. The number of carbonyl (C=O) groups is 1. The van der Waals surface area contributed by atoms with Gasteiger partial charge in [-0.05, 0) is 43.0 Å². The van der Waals surface area contributed by atoms with Gasteiger partial charge in [0, 0.05) is 32.3 Å². The lowest BCUT2D eigenvalue weighted by Gasteiger charge is -2.30. The zero-order valence-corrected chi connectivity index (χ0v) is 17.5. The zero-order valence-electron chi connectivity index (χ0n) is 17.5. The Hall–Kier alpha value is -2.34. The van der Waals surface area contributed by atoms with Crippen molar-refractivity contribution in [2.75, 3.05) is 19.7 Å². The fourth-order valence-corrected chi connectivity index (χ4v) is 3.64. The molecule has 28 heavy (non-hydrogen) atoms. The Bertz CT molecular complexity index is 795. The minimum Gasteiger partial charge on any atom is -0.493 e. The van der Waals surface area contributed by atoms with Gasteiger partial charge in [0.25, 0.3) is 0 Å². The quantitative estimate of drug-likeness (QED) is 0.770. The van der Waals surface area contributed by atoms with E-state index in [1.807, 2.05) is 57.6 Å². The molecule has 1 aromatic carbocycles. The van der Waals surface area contributed by atoms with Gasteiger partial charge in [0.15, 0.2) is 0 Å². The van der Waals surface area contributed by atoms with Crippen LogP contribution >= 0.6 is 0 Å². The molecule has 3 rings (SSSR count). The molecule has 2 heterocycles. The second-order valence-electron chi connectivity index (χ2n) is 8.66. The summed E-state index contributed by atoms with van der Waals surface area (Å²) in [6.45, 7) is 10.5. The van der Waals surface area contributed by atoms with Crippen LogP contribution in [0.4, 0.5) is 0 Å². The smallest absolute Gasteiger partial charge is 0.225 e. The van der Waals surface area contributed by atoms with E-state index in [2.05, 4.69) is 29.6 Å². The summed E-state index contributed by atoms with van der Waals surface area (Å²) in [6.07, 6.45) is 3.86. The van der Waals surface area contributed by atoms with E-state index >= 15 is 0 Å². The third-order valence-electron chi connectivity index (χ3n) is 5.30. The Morgan fingerprint density at radius 1 is 1.32 bits per heavy atom. The highest BCUT2D eigenvalue weighted by Crippen LogP contribution is 2.30. The summed E-state index contributed by atoms with van der Waals surface area (Å²) in [5.74, 6) is 1.47. The van der Waals surface area contributed by atoms with Gasteiger partial charge in [0.05, 0.1) is 24.3 Å². The van der Waals surface area contributed by atoms with Crippen molar-refractivity contribution in [1.82, 2.24) is 20.4 Å². The van der Waals surface area contributed by atoms with E-state index < -0.39 is 5.54 Å². The number of nitrogens with zero attached hydrogens (tertiary/aromatic N) is 2. The molecule has 0 aliphatic carbocycles. The lowest BCUT2D eigenvalue weighted by atomic mass is 9.88. The molecule has 0 radical (unpaired) electrons. The summed E-state index contributed by atoms with van der Waals surface area (Å²) in [5.41, 5.74) is 1.70. The van der Waals surface area contributed by atoms with E-state index in [0.717, 1.165) is 23.4 Å². The van der Waals surface area contributed by atoms with Gasteiger partial charge < -0.3 is 15.4 Å². The highest BCUT2D eigenvalue weighted by atomic mass is 16.5. The predicted molar refractivity (Wildman–Crippen MR) is 110 cm³/mol. The molecule has 1 amide bonds. The predicted octanol–water partition coefficient (Wildman–Crippen LogP) is 2.81. The molecule has 1 aliphatic rings. The number of rotatable bonds is 7. The van der Waals surface area contributed by atoms with Crippen LogP contribution in [0.2, 0.25) is 0 Å². The largest absolute Gasteiger partial charge is 0.493 e. The van der Waals surface area contributed by atoms with E-state index in [1.165, 1.54) is 0 Å². The van der Waals surface area contributed by atoms with Crippen molar-refractivity contribution in [2.45, 2.75) is 39.2 Å². The van der Waals surface area contributed by atoms with Crippen LogP contribution in [0.25, 0.3) is 0 Å². The minimum absolute atomic E-state index is 0.0731. The number of ether oxygens (including phenoxy) is 1. The minimum atomic E-state index is -0.463. The van der Waals surface area contributed by atoms with Crippen LogP contribution in [0.5, 0.6) is 5.75 Å². The fourth-order valence-electron chi connectivity index (χ4n) is 3.64. The summed E-state index contributed by atoms with van der Waals surface area (Å²) in [6, 6.07) is 8.01. The van der Waals surface area contributed by atoms with Crippen molar-refractivity contribution in [2.24, 2.45) is 18.9 Å². The van der Waals surface area contributed by atoms with Crippen LogP contribution in [-0.2, 0) is 17.4 Å². The molecular formula is C22H32N4O2. The molecule has 6 heteroatoms. The molecule has 1 aromatic heterocycles. The van der Waals surface area contributed by atoms with Gasteiger partial charge in [-0.3, -0.25) is 9.48 Å². The number of aryl methyl sites for hydroxylation is 1. The maximum atomic E-state index is 13.1. The van der Waals surface area contributed by atoms with Crippen molar-refractivity contribution in [3.63, 3.8) is 0 Å². The molecule has 0 spiro atoms. The number of carbonyl (C=O) groups excluding carboxylic acids is 1. The number of nitrogens with one attached hydrogen (secondary N) is 2. The molecule has 1 saturated heterocycles. The molecule has 152 valence electrons. The van der Waals surface area contributed by atoms with Crippen LogP contribution in [0.1, 0.15) is 44.7 Å². The Labute approximate surface area is 167 Å². The van der Waals surface area contributed by atoms with Crippen molar-refractivity contribution in [1.29, 1.82) is 0 Å².